The second-order valence-corrected chi connectivity index (χ2v) is 4.77. The Balaban J connectivity index is 2.52. The van der Waals surface area contributed by atoms with Crippen molar-refractivity contribution in [1.82, 2.24) is 10.3 Å². The van der Waals surface area contributed by atoms with E-state index in [4.69, 9.17) is 9.47 Å². The zero-order valence-corrected chi connectivity index (χ0v) is 12.5. The molecule has 0 aliphatic carbocycles. The number of aromatic nitrogens is 1. The van der Waals surface area contributed by atoms with Crippen molar-refractivity contribution in [3.05, 3.63) is 18.0 Å². The molecule has 0 aromatic carbocycles. The Bertz CT molecular complexity index is 369. The largest absolute Gasteiger partial charge is 0.493 e. The van der Waals surface area contributed by atoms with E-state index in [1.54, 1.807) is 20.4 Å². The highest BCUT2D eigenvalue weighted by atomic mass is 16.5. The van der Waals surface area contributed by atoms with Crippen molar-refractivity contribution in [2.75, 3.05) is 14.2 Å². The molecule has 4 heteroatoms. The van der Waals surface area contributed by atoms with E-state index in [0.717, 1.165) is 17.2 Å². The van der Waals surface area contributed by atoms with Gasteiger partial charge in [0.05, 0.1) is 19.9 Å². The van der Waals surface area contributed by atoms with Crippen LogP contribution in [0.1, 0.15) is 45.2 Å². The first kappa shape index (κ1) is 15.8. The molecule has 0 fully saturated rings. The quantitative estimate of drug-likeness (QED) is 0.697. The van der Waals surface area contributed by atoms with Crippen molar-refractivity contribution in [2.24, 2.45) is 0 Å². The van der Waals surface area contributed by atoms with E-state index in [1.807, 2.05) is 6.07 Å². The Morgan fingerprint density at radius 2 is 2.05 bits per heavy atom. The van der Waals surface area contributed by atoms with Gasteiger partial charge in [0.1, 0.15) is 0 Å². The molecule has 1 aromatic heterocycles. The molecular weight excluding hydrogens is 240 g/mol. The van der Waals surface area contributed by atoms with Crippen LogP contribution in [0.15, 0.2) is 12.3 Å². The highest BCUT2D eigenvalue weighted by Crippen LogP contribution is 2.28. The van der Waals surface area contributed by atoms with Gasteiger partial charge in [-0.15, -0.1) is 0 Å². The molecule has 0 amide bonds. The van der Waals surface area contributed by atoms with Gasteiger partial charge < -0.3 is 14.8 Å². The van der Waals surface area contributed by atoms with Gasteiger partial charge in [-0.3, -0.25) is 4.98 Å². The standard InChI is InChI=1S/C15H26N2O2/c1-5-6-7-8-12(2)17-11-13-15(19-4)14(18-3)9-10-16-13/h9-10,12,17H,5-8,11H2,1-4H3. The fraction of sp³-hybridized carbons (Fsp3) is 0.667. The summed E-state index contributed by atoms with van der Waals surface area (Å²) >= 11 is 0. The van der Waals surface area contributed by atoms with Gasteiger partial charge in [0.2, 0.25) is 0 Å². The Labute approximate surface area is 116 Å². The van der Waals surface area contributed by atoms with E-state index in [2.05, 4.69) is 24.1 Å². The lowest BCUT2D eigenvalue weighted by Gasteiger charge is -2.16. The summed E-state index contributed by atoms with van der Waals surface area (Å²) in [4.78, 5) is 4.36. The fourth-order valence-corrected chi connectivity index (χ4v) is 2.05. The van der Waals surface area contributed by atoms with E-state index in [0.29, 0.717) is 12.6 Å². The summed E-state index contributed by atoms with van der Waals surface area (Å²) in [5.74, 6) is 1.45. The normalized spacial score (nSPS) is 12.2. The van der Waals surface area contributed by atoms with Crippen molar-refractivity contribution in [1.29, 1.82) is 0 Å². The van der Waals surface area contributed by atoms with Crippen LogP contribution in [0.4, 0.5) is 0 Å². The maximum Gasteiger partial charge on any atom is 0.183 e. The number of pyridine rings is 1. The zero-order valence-electron chi connectivity index (χ0n) is 12.5. The molecule has 1 aromatic rings. The molecule has 1 rings (SSSR count). The average molecular weight is 266 g/mol. The second-order valence-electron chi connectivity index (χ2n) is 4.77. The molecule has 1 unspecified atom stereocenters. The molecule has 1 atom stereocenters. The molecule has 0 saturated heterocycles. The smallest absolute Gasteiger partial charge is 0.183 e. The SMILES string of the molecule is CCCCCC(C)NCc1nccc(OC)c1OC. The monoisotopic (exact) mass is 266 g/mol. The molecule has 108 valence electrons. The number of nitrogens with zero attached hydrogens (tertiary/aromatic N) is 1. The van der Waals surface area contributed by atoms with Crippen LogP contribution >= 0.6 is 0 Å². The van der Waals surface area contributed by atoms with E-state index in [1.165, 1.54) is 25.7 Å². The Hall–Kier alpha value is -1.29. The predicted octanol–water partition coefficient (Wildman–Crippen LogP) is 3.16. The van der Waals surface area contributed by atoms with Crippen LogP contribution in [0.3, 0.4) is 0 Å². The molecule has 19 heavy (non-hydrogen) atoms. The topological polar surface area (TPSA) is 43.4 Å². The Morgan fingerprint density at radius 1 is 1.26 bits per heavy atom. The fourth-order valence-electron chi connectivity index (χ4n) is 2.05. The zero-order chi connectivity index (χ0) is 14.1. The van der Waals surface area contributed by atoms with Gasteiger partial charge >= 0.3 is 0 Å². The minimum absolute atomic E-state index is 0.490. The molecule has 0 aliphatic heterocycles. The molecule has 1 heterocycles. The van der Waals surface area contributed by atoms with Crippen LogP contribution in [-0.2, 0) is 6.54 Å². The number of methoxy groups -OCH3 is 2. The Morgan fingerprint density at radius 3 is 2.68 bits per heavy atom. The molecule has 0 aliphatic rings. The maximum absolute atomic E-state index is 5.37. The van der Waals surface area contributed by atoms with Gasteiger partial charge in [0.15, 0.2) is 11.5 Å². The summed E-state index contributed by atoms with van der Waals surface area (Å²) in [6, 6.07) is 2.30. The lowest BCUT2D eigenvalue weighted by molar-refractivity contribution is 0.346. The van der Waals surface area contributed by atoms with Crippen molar-refractivity contribution < 1.29 is 9.47 Å². The van der Waals surface area contributed by atoms with Gasteiger partial charge in [-0.1, -0.05) is 26.2 Å². The molecular formula is C15H26N2O2. The summed E-state index contributed by atoms with van der Waals surface area (Å²) in [5, 5.41) is 3.49. The average Bonchev–Trinajstić information content (AvgIpc) is 2.44. The van der Waals surface area contributed by atoms with Crippen LogP contribution in [0.5, 0.6) is 11.5 Å². The lowest BCUT2D eigenvalue weighted by Crippen LogP contribution is -2.26. The first-order valence-corrected chi connectivity index (χ1v) is 7.02. The molecule has 0 saturated carbocycles. The van der Waals surface area contributed by atoms with Gasteiger partial charge in [0, 0.05) is 24.8 Å². The third kappa shape index (κ3) is 5.07. The summed E-state index contributed by atoms with van der Waals surface area (Å²) in [5.41, 5.74) is 0.893. The number of rotatable bonds is 9. The molecule has 1 N–H and O–H groups in total. The summed E-state index contributed by atoms with van der Waals surface area (Å²) < 4.78 is 10.6. The first-order valence-electron chi connectivity index (χ1n) is 7.02. The highest BCUT2D eigenvalue weighted by Gasteiger charge is 2.11. The van der Waals surface area contributed by atoms with E-state index in [-0.39, 0.29) is 0 Å². The molecule has 0 radical (unpaired) electrons. The predicted molar refractivity (Wildman–Crippen MR) is 77.8 cm³/mol. The molecule has 0 bridgehead atoms. The first-order chi connectivity index (χ1) is 9.22. The number of hydrogen-bond acceptors (Lipinski definition) is 4. The van der Waals surface area contributed by atoms with Gasteiger partial charge in [-0.2, -0.15) is 0 Å². The summed E-state index contributed by atoms with van der Waals surface area (Å²) in [7, 11) is 3.29. The van der Waals surface area contributed by atoms with Crippen LogP contribution in [0.2, 0.25) is 0 Å². The van der Waals surface area contributed by atoms with Crippen molar-refractivity contribution in [3.63, 3.8) is 0 Å². The third-order valence-corrected chi connectivity index (χ3v) is 3.22. The van der Waals surface area contributed by atoms with Gasteiger partial charge in [-0.25, -0.2) is 0 Å². The summed E-state index contributed by atoms with van der Waals surface area (Å²) in [6.45, 7) is 5.14. The number of ether oxygens (including phenoxy) is 2. The van der Waals surface area contributed by atoms with Gasteiger partial charge in [-0.05, 0) is 13.3 Å². The van der Waals surface area contributed by atoms with Crippen molar-refractivity contribution in [2.45, 2.75) is 52.1 Å². The van der Waals surface area contributed by atoms with Crippen LogP contribution in [-0.4, -0.2) is 25.2 Å². The lowest BCUT2D eigenvalue weighted by atomic mass is 10.1. The maximum atomic E-state index is 5.37. The van der Waals surface area contributed by atoms with E-state index in [9.17, 15) is 0 Å². The Kier molecular flexibility index (Phi) is 7.26. The van der Waals surface area contributed by atoms with Crippen molar-refractivity contribution >= 4 is 0 Å². The van der Waals surface area contributed by atoms with Crippen LogP contribution in [0.25, 0.3) is 0 Å². The van der Waals surface area contributed by atoms with E-state index < -0.39 is 0 Å². The number of hydrogen-bond donors (Lipinski definition) is 1. The van der Waals surface area contributed by atoms with Gasteiger partial charge in [0.25, 0.3) is 0 Å². The van der Waals surface area contributed by atoms with Crippen LogP contribution in [0, 0.1) is 0 Å². The molecule has 4 nitrogen and oxygen atoms in total. The minimum atomic E-state index is 0.490. The van der Waals surface area contributed by atoms with E-state index >= 15 is 0 Å². The highest BCUT2D eigenvalue weighted by molar-refractivity contribution is 5.42. The summed E-state index contributed by atoms with van der Waals surface area (Å²) in [6.07, 6.45) is 6.78. The molecule has 0 spiro atoms. The number of nitrogens with one attached hydrogen (secondary N) is 1. The second kappa shape index (κ2) is 8.75. The van der Waals surface area contributed by atoms with Crippen molar-refractivity contribution in [3.8, 4) is 11.5 Å². The van der Waals surface area contributed by atoms with Crippen LogP contribution < -0.4 is 14.8 Å². The number of unbranched alkanes of at least 4 members (excludes halogenated alkanes) is 2. The minimum Gasteiger partial charge on any atom is -0.493 e. The third-order valence-electron chi connectivity index (χ3n) is 3.22.